The molecule has 1 aromatic rings. The molecule has 6 heteroatoms. The van der Waals surface area contributed by atoms with Crippen molar-refractivity contribution in [1.29, 1.82) is 0 Å². The largest absolute Gasteiger partial charge is 1.00 e. The van der Waals surface area contributed by atoms with E-state index in [1.54, 1.807) is 12.1 Å². The summed E-state index contributed by atoms with van der Waals surface area (Å²) in [6.07, 6.45) is 0. The minimum absolute atomic E-state index is 0. The van der Waals surface area contributed by atoms with Crippen LogP contribution in [0.4, 0.5) is 12.9 Å². The second-order valence-electron chi connectivity index (χ2n) is 5.27. The maximum absolute atomic E-state index is 12.2. The van der Waals surface area contributed by atoms with Gasteiger partial charge in [-0.05, 0) is 24.0 Å². The van der Waals surface area contributed by atoms with Crippen LogP contribution in [0.3, 0.4) is 0 Å². The molecule has 1 aromatic carbocycles. The zero-order valence-electron chi connectivity index (χ0n) is 11.6. The zero-order valence-corrected chi connectivity index (χ0v) is 14.7. The average Bonchev–Trinajstić information content (AvgIpc) is 2.13. The molecular weight excluding hydrogens is 267 g/mol. The van der Waals surface area contributed by atoms with E-state index in [2.05, 4.69) is 0 Å². The maximum atomic E-state index is 12.2. The second-order valence-corrected chi connectivity index (χ2v) is 5.27. The molecule has 0 aliphatic heterocycles. The molecule has 18 heavy (non-hydrogen) atoms. The fourth-order valence-electron chi connectivity index (χ4n) is 1.54. The van der Waals surface area contributed by atoms with Gasteiger partial charge >= 0.3 is 58.4 Å². The molecule has 0 bridgehead atoms. The Morgan fingerprint density at radius 1 is 1.17 bits per heavy atom. The number of hydrogen-bond donors (Lipinski definition) is 0. The van der Waals surface area contributed by atoms with Crippen LogP contribution in [0.5, 0.6) is 5.75 Å². The van der Waals surface area contributed by atoms with E-state index in [-0.39, 0.29) is 56.8 Å². The SMILES string of the molecule is Cc1ccc(OC[B-](F)(F)F)c(C(C)(C)C)c1.[K+]. The standard InChI is InChI=1S/C12H17BF3O.K/c1-9-5-6-11(17-8-13(14,15)16)10(7-9)12(2,3)4;/h5-7H,8H2,1-4H3;/q-1;+1. The molecule has 0 N–H and O–H groups in total. The van der Waals surface area contributed by atoms with Gasteiger partial charge in [0.15, 0.2) is 0 Å². The van der Waals surface area contributed by atoms with Crippen molar-refractivity contribution in [3.8, 4) is 5.75 Å². The summed E-state index contributed by atoms with van der Waals surface area (Å²) in [5.74, 6) is 0.322. The third-order valence-electron chi connectivity index (χ3n) is 2.37. The Labute approximate surface area is 149 Å². The van der Waals surface area contributed by atoms with Crippen molar-refractivity contribution in [1.82, 2.24) is 0 Å². The first-order valence-corrected chi connectivity index (χ1v) is 5.54. The molecule has 0 spiro atoms. The third kappa shape index (κ3) is 6.10. The molecule has 0 atom stereocenters. The fraction of sp³-hybridized carbons (Fsp3) is 0.500. The number of rotatable bonds is 3. The van der Waals surface area contributed by atoms with E-state index in [9.17, 15) is 12.9 Å². The first-order valence-electron chi connectivity index (χ1n) is 5.54. The van der Waals surface area contributed by atoms with Crippen LogP contribution in [-0.4, -0.2) is 13.5 Å². The Bertz CT molecular complexity index is 399. The summed E-state index contributed by atoms with van der Waals surface area (Å²) >= 11 is 0. The molecule has 0 amide bonds. The van der Waals surface area contributed by atoms with Crippen molar-refractivity contribution in [3.05, 3.63) is 29.3 Å². The van der Waals surface area contributed by atoms with Crippen molar-refractivity contribution in [2.24, 2.45) is 0 Å². The van der Waals surface area contributed by atoms with Crippen molar-refractivity contribution in [2.45, 2.75) is 33.1 Å². The van der Waals surface area contributed by atoms with Gasteiger partial charge in [0.2, 0.25) is 0 Å². The number of benzene rings is 1. The molecule has 0 saturated carbocycles. The number of aryl methyl sites for hydroxylation is 1. The molecule has 0 heterocycles. The van der Waals surface area contributed by atoms with Gasteiger partial charge < -0.3 is 17.7 Å². The van der Waals surface area contributed by atoms with Crippen molar-refractivity contribution >= 4 is 6.98 Å². The topological polar surface area (TPSA) is 9.23 Å². The summed E-state index contributed by atoms with van der Waals surface area (Å²) in [6, 6.07) is 5.24. The van der Waals surface area contributed by atoms with E-state index in [0.29, 0.717) is 5.75 Å². The van der Waals surface area contributed by atoms with Crippen LogP contribution in [0.25, 0.3) is 0 Å². The molecule has 0 fully saturated rings. The first kappa shape index (κ1) is 18.5. The summed E-state index contributed by atoms with van der Waals surface area (Å²) in [5.41, 5.74) is 1.58. The molecule has 0 aliphatic rings. The second kappa shape index (κ2) is 6.79. The Hall–Kier alpha value is 0.511. The molecule has 1 nitrogen and oxygen atoms in total. The quantitative estimate of drug-likeness (QED) is 0.754. The van der Waals surface area contributed by atoms with Gasteiger partial charge in [0.25, 0.3) is 0 Å². The molecule has 0 aromatic heterocycles. The van der Waals surface area contributed by atoms with E-state index in [0.717, 1.165) is 11.1 Å². The van der Waals surface area contributed by atoms with E-state index in [1.165, 1.54) is 0 Å². The number of hydrogen-bond acceptors (Lipinski definition) is 1. The maximum Gasteiger partial charge on any atom is 1.00 e. The van der Waals surface area contributed by atoms with Crippen LogP contribution < -0.4 is 56.1 Å². The van der Waals surface area contributed by atoms with Gasteiger partial charge in [-0.2, -0.15) is 0 Å². The molecule has 0 aliphatic carbocycles. The van der Waals surface area contributed by atoms with Crippen LogP contribution in [0.2, 0.25) is 0 Å². The van der Waals surface area contributed by atoms with Crippen LogP contribution in [0.1, 0.15) is 31.9 Å². The van der Waals surface area contributed by atoms with E-state index in [1.807, 2.05) is 33.8 Å². The van der Waals surface area contributed by atoms with Gasteiger partial charge in [0.1, 0.15) is 5.75 Å². The van der Waals surface area contributed by atoms with Crippen molar-refractivity contribution < 1.29 is 69.1 Å². The number of halogens is 3. The van der Waals surface area contributed by atoms with E-state index >= 15 is 0 Å². The Morgan fingerprint density at radius 3 is 2.17 bits per heavy atom. The number of ether oxygens (including phenoxy) is 1. The predicted molar refractivity (Wildman–Crippen MR) is 64.5 cm³/mol. The summed E-state index contributed by atoms with van der Waals surface area (Å²) < 4.78 is 41.4. The minimum Gasteiger partial charge on any atom is -0.521 e. The van der Waals surface area contributed by atoms with E-state index in [4.69, 9.17) is 4.74 Å². The smallest absolute Gasteiger partial charge is 0.521 e. The molecule has 96 valence electrons. The molecule has 1 rings (SSSR count). The van der Waals surface area contributed by atoms with Gasteiger partial charge in [-0.1, -0.05) is 38.5 Å². The minimum atomic E-state index is -4.91. The monoisotopic (exact) mass is 284 g/mol. The Morgan fingerprint density at radius 2 is 1.72 bits per heavy atom. The fourth-order valence-corrected chi connectivity index (χ4v) is 1.54. The summed E-state index contributed by atoms with van der Waals surface area (Å²) in [4.78, 5) is 0. The summed E-state index contributed by atoms with van der Waals surface area (Å²) in [6.45, 7) is 1.66. The Balaban J connectivity index is 0.00000289. The van der Waals surface area contributed by atoms with E-state index < -0.39 is 13.5 Å². The van der Waals surface area contributed by atoms with Crippen molar-refractivity contribution in [2.75, 3.05) is 6.51 Å². The Kier molecular flexibility index (Phi) is 6.99. The molecular formula is C12H17BF3KO. The average molecular weight is 284 g/mol. The van der Waals surface area contributed by atoms with Gasteiger partial charge in [0.05, 0.1) is 6.51 Å². The summed E-state index contributed by atoms with van der Waals surface area (Å²) in [7, 11) is 0. The van der Waals surface area contributed by atoms with Crippen LogP contribution in [0, 0.1) is 6.92 Å². The first-order chi connectivity index (χ1) is 7.59. The molecule has 0 radical (unpaired) electrons. The van der Waals surface area contributed by atoms with Crippen molar-refractivity contribution in [3.63, 3.8) is 0 Å². The van der Waals surface area contributed by atoms with Gasteiger partial charge in [-0.3, -0.25) is 0 Å². The molecule has 0 saturated heterocycles. The predicted octanol–water partition coefficient (Wildman–Crippen LogP) is 1.06. The summed E-state index contributed by atoms with van der Waals surface area (Å²) in [5, 5.41) is 0. The van der Waals surface area contributed by atoms with Crippen LogP contribution in [-0.2, 0) is 5.41 Å². The zero-order chi connectivity index (χ0) is 13.3. The van der Waals surface area contributed by atoms with Crippen LogP contribution >= 0.6 is 0 Å². The van der Waals surface area contributed by atoms with Crippen LogP contribution in [0.15, 0.2) is 18.2 Å². The normalized spacial score (nSPS) is 11.9. The van der Waals surface area contributed by atoms with Gasteiger partial charge in [0, 0.05) is 0 Å². The third-order valence-corrected chi connectivity index (χ3v) is 2.37. The van der Waals surface area contributed by atoms with Gasteiger partial charge in [-0.15, -0.1) is 0 Å². The molecule has 0 unspecified atom stereocenters. The van der Waals surface area contributed by atoms with Gasteiger partial charge in [-0.25, -0.2) is 0 Å².